The molecule has 8 nitrogen and oxygen atoms in total. The maximum absolute atomic E-state index is 13.2. The lowest BCUT2D eigenvalue weighted by Gasteiger charge is -2.13. The first-order valence-electron chi connectivity index (χ1n) is 9.52. The molecule has 0 aliphatic carbocycles. The number of non-ortho nitro benzene ring substituents is 1. The molecule has 2 aromatic carbocycles. The predicted octanol–water partition coefficient (Wildman–Crippen LogP) is 3.91. The SMILES string of the molecule is Cc1ccc(Cn2c(=O)c(C(=O)Nc3ccc([N+](=O)[O-])cc3)cc3cccnc32)cc1. The number of hydrogen-bond donors (Lipinski definition) is 1. The van der Waals surface area contributed by atoms with E-state index in [1.807, 2.05) is 31.2 Å². The van der Waals surface area contributed by atoms with E-state index in [0.29, 0.717) is 16.7 Å². The molecule has 2 aromatic heterocycles. The maximum atomic E-state index is 13.2. The summed E-state index contributed by atoms with van der Waals surface area (Å²) in [5, 5.41) is 14.1. The molecule has 0 spiro atoms. The van der Waals surface area contributed by atoms with Crippen molar-refractivity contribution in [3.8, 4) is 0 Å². The van der Waals surface area contributed by atoms with Crippen molar-refractivity contribution in [2.45, 2.75) is 13.5 Å². The summed E-state index contributed by atoms with van der Waals surface area (Å²) < 4.78 is 1.48. The minimum atomic E-state index is -0.595. The van der Waals surface area contributed by atoms with Crippen LogP contribution in [0.25, 0.3) is 11.0 Å². The Labute approximate surface area is 176 Å². The van der Waals surface area contributed by atoms with Crippen LogP contribution >= 0.6 is 0 Å². The van der Waals surface area contributed by atoms with E-state index in [-0.39, 0.29) is 17.8 Å². The standard InChI is InChI=1S/C23H18N4O4/c1-15-4-6-16(7-5-15)14-26-21-17(3-2-12-24-21)13-20(23(26)29)22(28)25-18-8-10-19(11-9-18)27(30)31/h2-13H,14H2,1H3,(H,25,28). The summed E-state index contributed by atoms with van der Waals surface area (Å²) in [6.45, 7) is 2.25. The van der Waals surface area contributed by atoms with E-state index in [2.05, 4.69) is 10.3 Å². The lowest BCUT2D eigenvalue weighted by atomic mass is 10.1. The molecule has 1 N–H and O–H groups in total. The topological polar surface area (TPSA) is 107 Å². The third kappa shape index (κ3) is 4.18. The Bertz CT molecular complexity index is 1340. The Morgan fingerprint density at radius 2 is 1.81 bits per heavy atom. The maximum Gasteiger partial charge on any atom is 0.269 e. The molecule has 4 rings (SSSR count). The Kier molecular flexibility index (Phi) is 5.28. The molecule has 0 fully saturated rings. The van der Waals surface area contributed by atoms with Crippen LogP contribution in [0.4, 0.5) is 11.4 Å². The van der Waals surface area contributed by atoms with Crippen molar-refractivity contribution in [1.82, 2.24) is 9.55 Å². The third-order valence-corrected chi connectivity index (χ3v) is 4.89. The van der Waals surface area contributed by atoms with Crippen molar-refractivity contribution in [2.24, 2.45) is 0 Å². The van der Waals surface area contributed by atoms with Crippen LogP contribution in [-0.4, -0.2) is 20.4 Å². The molecule has 0 radical (unpaired) electrons. The number of aromatic nitrogens is 2. The van der Waals surface area contributed by atoms with Crippen molar-refractivity contribution in [3.63, 3.8) is 0 Å². The molecule has 0 unspecified atom stereocenters. The fourth-order valence-corrected chi connectivity index (χ4v) is 3.26. The molecule has 0 atom stereocenters. The Balaban J connectivity index is 1.73. The van der Waals surface area contributed by atoms with Crippen LogP contribution in [0.3, 0.4) is 0 Å². The summed E-state index contributed by atoms with van der Waals surface area (Å²) in [6.07, 6.45) is 1.60. The number of pyridine rings is 2. The summed E-state index contributed by atoms with van der Waals surface area (Å²) in [5.74, 6) is -0.595. The minimum Gasteiger partial charge on any atom is -0.322 e. The van der Waals surface area contributed by atoms with Gasteiger partial charge in [0, 0.05) is 29.4 Å². The molecule has 0 saturated carbocycles. The van der Waals surface area contributed by atoms with E-state index in [4.69, 9.17) is 0 Å². The number of carbonyl (C=O) groups excluding carboxylic acids is 1. The van der Waals surface area contributed by atoms with Crippen molar-refractivity contribution in [2.75, 3.05) is 5.32 Å². The summed E-state index contributed by atoms with van der Waals surface area (Å²) >= 11 is 0. The average Bonchev–Trinajstić information content (AvgIpc) is 2.77. The van der Waals surface area contributed by atoms with Gasteiger partial charge in [0.2, 0.25) is 0 Å². The quantitative estimate of drug-likeness (QED) is 0.393. The van der Waals surface area contributed by atoms with Gasteiger partial charge in [0.25, 0.3) is 17.2 Å². The number of carbonyl (C=O) groups is 1. The number of fused-ring (bicyclic) bond motifs is 1. The van der Waals surface area contributed by atoms with Crippen molar-refractivity contribution >= 4 is 28.3 Å². The highest BCUT2D eigenvalue weighted by atomic mass is 16.6. The van der Waals surface area contributed by atoms with E-state index < -0.39 is 16.4 Å². The van der Waals surface area contributed by atoms with Gasteiger partial charge in [-0.3, -0.25) is 24.3 Å². The van der Waals surface area contributed by atoms with Gasteiger partial charge in [-0.25, -0.2) is 4.98 Å². The van der Waals surface area contributed by atoms with Crippen LogP contribution in [0.15, 0.2) is 77.7 Å². The monoisotopic (exact) mass is 414 g/mol. The van der Waals surface area contributed by atoms with Crippen molar-refractivity contribution in [3.05, 3.63) is 110 Å². The van der Waals surface area contributed by atoms with Gasteiger partial charge in [-0.15, -0.1) is 0 Å². The zero-order valence-corrected chi connectivity index (χ0v) is 16.6. The minimum absolute atomic E-state index is 0.0361. The summed E-state index contributed by atoms with van der Waals surface area (Å²) in [5.41, 5.74) is 2.27. The average molecular weight is 414 g/mol. The van der Waals surface area contributed by atoms with Crippen molar-refractivity contribution < 1.29 is 9.72 Å². The summed E-state index contributed by atoms with van der Waals surface area (Å²) in [7, 11) is 0. The molecule has 0 aliphatic rings. The van der Waals surface area contributed by atoms with Gasteiger partial charge in [0.15, 0.2) is 0 Å². The fraction of sp³-hybridized carbons (Fsp3) is 0.0870. The van der Waals surface area contributed by atoms with Gasteiger partial charge in [-0.05, 0) is 42.8 Å². The summed E-state index contributed by atoms with van der Waals surface area (Å²) in [4.78, 5) is 40.7. The predicted molar refractivity (Wildman–Crippen MR) is 117 cm³/mol. The molecule has 1 amide bonds. The lowest BCUT2D eigenvalue weighted by Crippen LogP contribution is -2.30. The van der Waals surface area contributed by atoms with Gasteiger partial charge in [-0.2, -0.15) is 0 Å². The first-order chi connectivity index (χ1) is 14.9. The number of hydrogen-bond acceptors (Lipinski definition) is 5. The molecule has 0 saturated heterocycles. The van der Waals surface area contributed by atoms with Crippen LogP contribution in [0, 0.1) is 17.0 Å². The van der Waals surface area contributed by atoms with Gasteiger partial charge < -0.3 is 5.32 Å². The number of anilines is 1. The number of nitrogens with one attached hydrogen (secondary N) is 1. The lowest BCUT2D eigenvalue weighted by molar-refractivity contribution is -0.384. The van der Waals surface area contributed by atoms with Crippen LogP contribution in [-0.2, 0) is 6.54 Å². The zero-order chi connectivity index (χ0) is 22.0. The molecule has 154 valence electrons. The molecule has 2 heterocycles. The Morgan fingerprint density at radius 3 is 2.48 bits per heavy atom. The number of rotatable bonds is 5. The highest BCUT2D eigenvalue weighted by Gasteiger charge is 2.17. The number of aryl methyl sites for hydroxylation is 1. The van der Waals surface area contributed by atoms with E-state index in [1.54, 1.807) is 18.3 Å². The van der Waals surface area contributed by atoms with Crippen LogP contribution in [0.5, 0.6) is 0 Å². The number of amides is 1. The van der Waals surface area contributed by atoms with E-state index >= 15 is 0 Å². The van der Waals surface area contributed by atoms with Gasteiger partial charge in [0.1, 0.15) is 11.2 Å². The second-order valence-electron chi connectivity index (χ2n) is 7.11. The molecular formula is C23H18N4O4. The normalized spacial score (nSPS) is 10.7. The van der Waals surface area contributed by atoms with Crippen LogP contribution < -0.4 is 10.9 Å². The van der Waals surface area contributed by atoms with Crippen LogP contribution in [0.2, 0.25) is 0 Å². The molecular weight excluding hydrogens is 396 g/mol. The Hall–Kier alpha value is -4.33. The largest absolute Gasteiger partial charge is 0.322 e. The first kappa shape index (κ1) is 20.0. The van der Waals surface area contributed by atoms with E-state index in [1.165, 1.54) is 34.9 Å². The molecule has 0 bridgehead atoms. The second kappa shape index (κ2) is 8.19. The first-order valence-corrected chi connectivity index (χ1v) is 9.52. The second-order valence-corrected chi connectivity index (χ2v) is 7.11. The molecule has 31 heavy (non-hydrogen) atoms. The van der Waals surface area contributed by atoms with E-state index in [0.717, 1.165) is 11.1 Å². The Morgan fingerprint density at radius 1 is 1.10 bits per heavy atom. The third-order valence-electron chi connectivity index (χ3n) is 4.89. The highest BCUT2D eigenvalue weighted by Crippen LogP contribution is 2.17. The van der Waals surface area contributed by atoms with Gasteiger partial charge in [0.05, 0.1) is 11.5 Å². The smallest absolute Gasteiger partial charge is 0.269 e. The number of nitro benzene ring substituents is 1. The summed E-state index contributed by atoms with van der Waals surface area (Å²) in [6, 6.07) is 18.2. The van der Waals surface area contributed by atoms with Crippen molar-refractivity contribution in [1.29, 1.82) is 0 Å². The van der Waals surface area contributed by atoms with Gasteiger partial charge >= 0.3 is 0 Å². The zero-order valence-electron chi connectivity index (χ0n) is 16.6. The highest BCUT2D eigenvalue weighted by molar-refractivity contribution is 6.05. The molecule has 8 heteroatoms. The number of nitrogens with zero attached hydrogens (tertiary/aromatic N) is 3. The fourth-order valence-electron chi connectivity index (χ4n) is 3.26. The van der Waals surface area contributed by atoms with Gasteiger partial charge in [-0.1, -0.05) is 29.8 Å². The number of nitro groups is 1. The molecule has 0 aliphatic heterocycles. The van der Waals surface area contributed by atoms with E-state index in [9.17, 15) is 19.7 Å². The number of benzene rings is 2. The van der Waals surface area contributed by atoms with Crippen LogP contribution in [0.1, 0.15) is 21.5 Å². The molecule has 4 aromatic rings.